The number of benzene rings is 1. The Labute approximate surface area is 116 Å². The maximum absolute atomic E-state index is 4.55. The van der Waals surface area contributed by atoms with Gasteiger partial charge in [0, 0.05) is 7.05 Å². The summed E-state index contributed by atoms with van der Waals surface area (Å²) in [6, 6.07) is 8.13. The van der Waals surface area contributed by atoms with Crippen molar-refractivity contribution in [3.05, 3.63) is 41.6 Å². The van der Waals surface area contributed by atoms with Crippen molar-refractivity contribution in [2.24, 2.45) is 5.10 Å². The van der Waals surface area contributed by atoms with Crippen molar-refractivity contribution >= 4 is 18.5 Å². The van der Waals surface area contributed by atoms with Crippen LogP contribution < -0.4 is 11.1 Å². The van der Waals surface area contributed by atoms with Crippen molar-refractivity contribution in [1.82, 2.24) is 25.9 Å². The SMILES string of the molecule is Cc1ccc(-n2ncc(C3=NNNN3C)c2S)cc1. The molecule has 19 heavy (non-hydrogen) atoms. The number of amidine groups is 1. The van der Waals surface area contributed by atoms with Crippen LogP contribution in [0.25, 0.3) is 5.69 Å². The normalized spacial score (nSPS) is 14.5. The van der Waals surface area contributed by atoms with Crippen molar-refractivity contribution < 1.29 is 0 Å². The molecule has 0 amide bonds. The Morgan fingerprint density at radius 1 is 1.21 bits per heavy atom. The molecule has 0 unspecified atom stereocenters. The fraction of sp³-hybridized carbons (Fsp3) is 0.167. The number of nitrogens with one attached hydrogen (secondary N) is 2. The van der Waals surface area contributed by atoms with Crippen LogP contribution in [0, 0.1) is 6.92 Å². The molecule has 2 heterocycles. The van der Waals surface area contributed by atoms with E-state index in [2.05, 4.69) is 40.8 Å². The predicted molar refractivity (Wildman–Crippen MR) is 76.1 cm³/mol. The van der Waals surface area contributed by atoms with Gasteiger partial charge in [0.25, 0.3) is 0 Å². The Hall–Kier alpha value is -1.99. The van der Waals surface area contributed by atoms with Gasteiger partial charge >= 0.3 is 0 Å². The molecule has 2 N–H and O–H groups in total. The fourth-order valence-corrected chi connectivity index (χ4v) is 2.22. The van der Waals surface area contributed by atoms with E-state index in [9.17, 15) is 0 Å². The van der Waals surface area contributed by atoms with E-state index < -0.39 is 0 Å². The van der Waals surface area contributed by atoms with Gasteiger partial charge in [-0.05, 0) is 19.1 Å². The Balaban J connectivity index is 2.01. The Morgan fingerprint density at radius 2 is 1.95 bits per heavy atom. The predicted octanol–water partition coefficient (Wildman–Crippen LogP) is 1.09. The molecule has 0 bridgehead atoms. The van der Waals surface area contributed by atoms with E-state index in [1.54, 1.807) is 15.9 Å². The number of aryl methyl sites for hydroxylation is 1. The molecule has 0 radical (unpaired) electrons. The molecule has 1 aromatic carbocycles. The number of hydrazine groups is 2. The first-order valence-corrected chi connectivity index (χ1v) is 6.28. The molecule has 0 saturated heterocycles. The maximum Gasteiger partial charge on any atom is 0.177 e. The Bertz CT molecular complexity index is 630. The number of hydrogen-bond acceptors (Lipinski definition) is 6. The number of hydrazone groups is 1. The van der Waals surface area contributed by atoms with Gasteiger partial charge in [-0.3, -0.25) is 5.01 Å². The molecule has 98 valence electrons. The van der Waals surface area contributed by atoms with E-state index in [-0.39, 0.29) is 0 Å². The standard InChI is InChI=1S/C12H14N6S/c1-8-3-5-9(6-4-8)18-12(19)10(7-13-18)11-14-15-16-17(11)2/h3-7,15-16,19H,1-2H3. The minimum Gasteiger partial charge on any atom is -0.274 e. The summed E-state index contributed by atoms with van der Waals surface area (Å²) in [6.45, 7) is 2.06. The van der Waals surface area contributed by atoms with Crippen LogP contribution in [-0.2, 0) is 0 Å². The summed E-state index contributed by atoms with van der Waals surface area (Å²) < 4.78 is 1.78. The topological polar surface area (TPSA) is 57.5 Å². The van der Waals surface area contributed by atoms with E-state index >= 15 is 0 Å². The van der Waals surface area contributed by atoms with Crippen LogP contribution in [0.4, 0.5) is 0 Å². The molecular weight excluding hydrogens is 260 g/mol. The molecule has 1 aliphatic heterocycles. The molecule has 2 aromatic rings. The summed E-state index contributed by atoms with van der Waals surface area (Å²) in [5, 5.41) is 11.0. The van der Waals surface area contributed by atoms with E-state index in [1.165, 1.54) is 5.56 Å². The highest BCUT2D eigenvalue weighted by molar-refractivity contribution is 7.80. The molecule has 1 aliphatic rings. The van der Waals surface area contributed by atoms with Crippen LogP contribution >= 0.6 is 12.6 Å². The summed E-state index contributed by atoms with van der Waals surface area (Å²) in [4.78, 5) is 0. The third-order valence-corrected chi connectivity index (χ3v) is 3.39. The minimum atomic E-state index is 0.750. The van der Waals surface area contributed by atoms with Crippen molar-refractivity contribution in [1.29, 1.82) is 0 Å². The van der Waals surface area contributed by atoms with Crippen LogP contribution in [0.15, 0.2) is 40.6 Å². The number of nitrogens with zero attached hydrogens (tertiary/aromatic N) is 4. The highest BCUT2D eigenvalue weighted by atomic mass is 32.1. The second kappa shape index (κ2) is 4.60. The van der Waals surface area contributed by atoms with Crippen LogP contribution in [0.2, 0.25) is 0 Å². The number of thiol groups is 1. The van der Waals surface area contributed by atoms with Crippen LogP contribution in [0.5, 0.6) is 0 Å². The lowest BCUT2D eigenvalue weighted by molar-refractivity contribution is 0.348. The monoisotopic (exact) mass is 274 g/mol. The fourth-order valence-electron chi connectivity index (χ4n) is 1.90. The summed E-state index contributed by atoms with van der Waals surface area (Å²) in [6.07, 6.45) is 1.76. The molecule has 0 atom stereocenters. The highest BCUT2D eigenvalue weighted by Crippen LogP contribution is 2.20. The third kappa shape index (κ3) is 2.06. The zero-order chi connectivity index (χ0) is 13.4. The van der Waals surface area contributed by atoms with Gasteiger partial charge < -0.3 is 0 Å². The number of hydrogen-bond donors (Lipinski definition) is 3. The number of aromatic nitrogens is 2. The zero-order valence-corrected chi connectivity index (χ0v) is 11.5. The molecule has 3 rings (SSSR count). The Kier molecular flexibility index (Phi) is 2.92. The second-order valence-electron chi connectivity index (χ2n) is 4.35. The summed E-state index contributed by atoms with van der Waals surface area (Å²) >= 11 is 4.55. The lowest BCUT2D eigenvalue weighted by Gasteiger charge is -2.11. The third-order valence-electron chi connectivity index (χ3n) is 2.96. The molecule has 0 spiro atoms. The van der Waals surface area contributed by atoms with Crippen LogP contribution in [0.1, 0.15) is 11.1 Å². The average molecular weight is 274 g/mol. The van der Waals surface area contributed by atoms with Crippen molar-refractivity contribution in [2.45, 2.75) is 11.9 Å². The van der Waals surface area contributed by atoms with Crippen molar-refractivity contribution in [3.63, 3.8) is 0 Å². The lowest BCUT2D eigenvalue weighted by Crippen LogP contribution is -2.37. The summed E-state index contributed by atoms with van der Waals surface area (Å²) in [7, 11) is 1.87. The quantitative estimate of drug-likeness (QED) is 0.718. The second-order valence-corrected chi connectivity index (χ2v) is 4.77. The van der Waals surface area contributed by atoms with Gasteiger partial charge in [0.15, 0.2) is 5.84 Å². The summed E-state index contributed by atoms with van der Waals surface area (Å²) in [5.41, 5.74) is 8.61. The van der Waals surface area contributed by atoms with Gasteiger partial charge in [-0.15, -0.1) is 23.3 Å². The van der Waals surface area contributed by atoms with E-state index in [0.717, 1.165) is 22.1 Å². The van der Waals surface area contributed by atoms with E-state index in [4.69, 9.17) is 0 Å². The van der Waals surface area contributed by atoms with Crippen LogP contribution in [-0.4, -0.2) is 27.7 Å². The number of rotatable bonds is 2. The smallest absolute Gasteiger partial charge is 0.177 e. The van der Waals surface area contributed by atoms with E-state index in [1.807, 2.05) is 31.3 Å². The Morgan fingerprint density at radius 3 is 2.58 bits per heavy atom. The minimum absolute atomic E-state index is 0.750. The first-order valence-electron chi connectivity index (χ1n) is 5.83. The van der Waals surface area contributed by atoms with Gasteiger partial charge in [0.2, 0.25) is 0 Å². The van der Waals surface area contributed by atoms with Gasteiger partial charge in [-0.2, -0.15) is 5.10 Å². The van der Waals surface area contributed by atoms with Gasteiger partial charge in [-0.1, -0.05) is 17.7 Å². The van der Waals surface area contributed by atoms with Gasteiger partial charge in [-0.25, -0.2) is 10.2 Å². The van der Waals surface area contributed by atoms with Crippen LogP contribution in [0.3, 0.4) is 0 Å². The molecule has 0 aliphatic carbocycles. The molecule has 1 aromatic heterocycles. The first-order chi connectivity index (χ1) is 9.16. The molecule has 0 saturated carbocycles. The highest BCUT2D eigenvalue weighted by Gasteiger charge is 2.20. The zero-order valence-electron chi connectivity index (χ0n) is 10.6. The summed E-state index contributed by atoms with van der Waals surface area (Å²) in [5.74, 6) is 0.753. The van der Waals surface area contributed by atoms with E-state index in [0.29, 0.717) is 0 Å². The van der Waals surface area contributed by atoms with Crippen molar-refractivity contribution in [3.8, 4) is 5.69 Å². The van der Waals surface area contributed by atoms with Crippen molar-refractivity contribution in [2.75, 3.05) is 7.05 Å². The molecular formula is C12H14N6S. The lowest BCUT2D eigenvalue weighted by atomic mass is 10.2. The molecule has 6 nitrogen and oxygen atoms in total. The maximum atomic E-state index is 4.55. The molecule has 7 heteroatoms. The largest absolute Gasteiger partial charge is 0.274 e. The van der Waals surface area contributed by atoms with Gasteiger partial charge in [0.05, 0.1) is 17.4 Å². The average Bonchev–Trinajstić information content (AvgIpc) is 2.97. The first kappa shape index (κ1) is 12.1. The van der Waals surface area contributed by atoms with Gasteiger partial charge in [0.1, 0.15) is 5.03 Å². The molecule has 0 fully saturated rings.